The summed E-state index contributed by atoms with van der Waals surface area (Å²) in [5.41, 5.74) is 6.59. The van der Waals surface area contributed by atoms with Crippen LogP contribution in [0.15, 0.2) is 6.07 Å². The van der Waals surface area contributed by atoms with Gasteiger partial charge in [-0.1, -0.05) is 6.92 Å². The van der Waals surface area contributed by atoms with Gasteiger partial charge in [0.2, 0.25) is 0 Å². The molecule has 0 aromatic carbocycles. The number of amides is 1. The summed E-state index contributed by atoms with van der Waals surface area (Å²) in [7, 11) is 1.36. The van der Waals surface area contributed by atoms with Crippen LogP contribution in [0.2, 0.25) is 0 Å². The number of thiophene rings is 1. The van der Waals surface area contributed by atoms with Crippen LogP contribution in [0.1, 0.15) is 46.3 Å². The molecule has 1 atom stereocenters. The van der Waals surface area contributed by atoms with E-state index in [0.717, 1.165) is 12.8 Å². The van der Waals surface area contributed by atoms with Gasteiger partial charge in [-0.05, 0) is 55.4 Å². The highest BCUT2D eigenvalue weighted by molar-refractivity contribution is 7.80. The Morgan fingerprint density at radius 2 is 2.21 bits per heavy atom. The number of methoxy groups -OCH3 is 1. The summed E-state index contributed by atoms with van der Waals surface area (Å²) in [5, 5.41) is 3.25. The summed E-state index contributed by atoms with van der Waals surface area (Å²) in [5.74, 6) is 0.253. The Bertz CT molecular complexity index is 616. The van der Waals surface area contributed by atoms with Crippen LogP contribution in [-0.2, 0) is 22.4 Å². The van der Waals surface area contributed by atoms with E-state index in [2.05, 4.69) is 27.8 Å². The Balaban J connectivity index is 1.71. The van der Waals surface area contributed by atoms with Crippen LogP contribution in [0.25, 0.3) is 0 Å². The third-order valence-electron chi connectivity index (χ3n) is 3.91. The zero-order valence-electron chi connectivity index (χ0n) is 13.9. The summed E-state index contributed by atoms with van der Waals surface area (Å²) in [6.45, 7) is 2.77. The van der Waals surface area contributed by atoms with Crippen molar-refractivity contribution in [3.63, 3.8) is 0 Å². The lowest BCUT2D eigenvalue weighted by Crippen LogP contribution is -2.46. The van der Waals surface area contributed by atoms with E-state index in [4.69, 9.17) is 12.2 Å². The number of rotatable bonds is 5. The minimum atomic E-state index is -0.250. The number of thiocarbonyl (C=S) groups is 1. The van der Waals surface area contributed by atoms with Crippen LogP contribution in [0.3, 0.4) is 0 Å². The largest absolute Gasteiger partial charge is 0.469 e. The first-order valence-electron chi connectivity index (χ1n) is 8.02. The highest BCUT2D eigenvalue weighted by Gasteiger charge is 2.20. The fraction of sp³-hybridized carbons (Fsp3) is 0.562. The highest BCUT2D eigenvalue weighted by atomic mass is 32.1. The molecule has 0 saturated heterocycles. The van der Waals surface area contributed by atoms with Gasteiger partial charge in [-0.15, -0.1) is 11.3 Å². The number of nitrogens with one attached hydrogen (secondary N) is 3. The second-order valence-corrected chi connectivity index (χ2v) is 7.47. The third-order valence-corrected chi connectivity index (χ3v) is 5.40. The number of carbonyl (C=O) groups is 2. The predicted octanol–water partition coefficient (Wildman–Crippen LogP) is 1.93. The van der Waals surface area contributed by atoms with Gasteiger partial charge in [0.25, 0.3) is 5.91 Å². The second kappa shape index (κ2) is 8.98. The van der Waals surface area contributed by atoms with Gasteiger partial charge < -0.3 is 10.1 Å². The number of fused-ring (bicyclic) bond motifs is 1. The Kier molecular flexibility index (Phi) is 6.99. The summed E-state index contributed by atoms with van der Waals surface area (Å²) >= 11 is 6.64. The van der Waals surface area contributed by atoms with Crippen molar-refractivity contribution in [2.45, 2.75) is 39.0 Å². The number of carbonyl (C=O) groups excluding carboxylic acids is 2. The van der Waals surface area contributed by atoms with E-state index < -0.39 is 0 Å². The molecule has 2 rings (SSSR count). The summed E-state index contributed by atoms with van der Waals surface area (Å²) in [6.07, 6.45) is 4.23. The average molecular weight is 370 g/mol. The lowest BCUT2D eigenvalue weighted by Gasteiger charge is -2.16. The smallest absolute Gasteiger partial charge is 0.305 e. The molecule has 0 spiro atoms. The number of hydrogen-bond donors (Lipinski definition) is 3. The van der Waals surface area contributed by atoms with Crippen molar-refractivity contribution in [2.24, 2.45) is 5.92 Å². The summed E-state index contributed by atoms with van der Waals surface area (Å²) in [4.78, 5) is 25.2. The molecule has 0 unspecified atom stereocenters. The van der Waals surface area contributed by atoms with Gasteiger partial charge in [-0.3, -0.25) is 20.4 Å². The fourth-order valence-electron chi connectivity index (χ4n) is 2.57. The van der Waals surface area contributed by atoms with Gasteiger partial charge in [-0.2, -0.15) is 0 Å². The topological polar surface area (TPSA) is 79.5 Å². The Hall–Kier alpha value is -1.67. The number of hydrogen-bond acceptors (Lipinski definition) is 5. The van der Waals surface area contributed by atoms with Crippen LogP contribution >= 0.6 is 23.6 Å². The number of esters is 1. The monoisotopic (exact) mass is 369 g/mol. The molecule has 3 N–H and O–H groups in total. The molecule has 24 heavy (non-hydrogen) atoms. The van der Waals surface area contributed by atoms with Crippen LogP contribution in [0.4, 0.5) is 0 Å². The first-order chi connectivity index (χ1) is 11.5. The van der Waals surface area contributed by atoms with E-state index in [1.54, 1.807) is 11.3 Å². The second-order valence-electron chi connectivity index (χ2n) is 5.92. The average Bonchev–Trinajstić information content (AvgIpc) is 2.99. The first kappa shape index (κ1) is 18.7. The van der Waals surface area contributed by atoms with Crippen LogP contribution in [0, 0.1) is 5.92 Å². The predicted molar refractivity (Wildman–Crippen MR) is 98.0 cm³/mol. The van der Waals surface area contributed by atoms with Gasteiger partial charge in [0.05, 0.1) is 12.0 Å². The lowest BCUT2D eigenvalue weighted by molar-refractivity contribution is -0.140. The highest BCUT2D eigenvalue weighted by Crippen LogP contribution is 2.31. The quantitative estimate of drug-likeness (QED) is 0.319. The van der Waals surface area contributed by atoms with Gasteiger partial charge in [0.15, 0.2) is 5.11 Å². The van der Waals surface area contributed by atoms with Crippen molar-refractivity contribution in [3.05, 3.63) is 21.4 Å². The van der Waals surface area contributed by atoms with E-state index in [1.807, 2.05) is 6.07 Å². The molecule has 8 heteroatoms. The molecule has 1 heterocycles. The van der Waals surface area contributed by atoms with Crippen LogP contribution in [-0.4, -0.2) is 30.6 Å². The number of aryl methyl sites for hydroxylation is 1. The van der Waals surface area contributed by atoms with Crippen molar-refractivity contribution < 1.29 is 14.3 Å². The minimum absolute atomic E-state index is 0.180. The van der Waals surface area contributed by atoms with Gasteiger partial charge >= 0.3 is 5.97 Å². The molecule has 1 amide bonds. The molecular weight excluding hydrogens is 346 g/mol. The molecule has 0 fully saturated rings. The number of hydrazine groups is 1. The van der Waals surface area contributed by atoms with E-state index in [1.165, 1.54) is 24.0 Å². The molecule has 6 nitrogen and oxygen atoms in total. The van der Waals surface area contributed by atoms with Gasteiger partial charge in [0.1, 0.15) is 0 Å². The van der Waals surface area contributed by atoms with Crippen molar-refractivity contribution in [3.8, 4) is 0 Å². The van der Waals surface area contributed by atoms with Crippen LogP contribution < -0.4 is 16.2 Å². The first-order valence-corrected chi connectivity index (χ1v) is 9.24. The standard InChI is InChI=1S/C16H23N3O3S2/c1-10-5-6-12-11(8-10)9-13(24-12)15(21)18-19-16(23)17-7-3-4-14(20)22-2/h9-10H,3-8H2,1-2H3,(H,18,21)(H2,17,19,23)/t10-/m0/s1. The van der Waals surface area contributed by atoms with E-state index >= 15 is 0 Å². The van der Waals surface area contributed by atoms with Gasteiger partial charge in [-0.25, -0.2) is 0 Å². The molecule has 1 aliphatic rings. The summed E-state index contributed by atoms with van der Waals surface area (Å²) in [6, 6.07) is 1.99. The Labute approximate surface area is 151 Å². The maximum atomic E-state index is 12.2. The van der Waals surface area contributed by atoms with Crippen molar-refractivity contribution >= 4 is 40.5 Å². The maximum absolute atomic E-state index is 12.2. The molecular formula is C16H23N3O3S2. The molecule has 1 aromatic rings. The van der Waals surface area contributed by atoms with Crippen molar-refractivity contribution in [2.75, 3.05) is 13.7 Å². The Morgan fingerprint density at radius 3 is 2.96 bits per heavy atom. The van der Waals surface area contributed by atoms with Gasteiger partial charge in [0, 0.05) is 17.8 Å². The van der Waals surface area contributed by atoms with Crippen LogP contribution in [0.5, 0.6) is 0 Å². The third kappa shape index (κ3) is 5.45. The Morgan fingerprint density at radius 1 is 1.42 bits per heavy atom. The zero-order chi connectivity index (χ0) is 17.5. The van der Waals surface area contributed by atoms with Crippen molar-refractivity contribution in [1.29, 1.82) is 0 Å². The summed E-state index contributed by atoms with van der Waals surface area (Å²) < 4.78 is 4.56. The number of ether oxygens (including phenoxy) is 1. The molecule has 1 aromatic heterocycles. The SMILES string of the molecule is COC(=O)CCCNC(=S)NNC(=O)c1cc2c(s1)CC[C@H](C)C2. The maximum Gasteiger partial charge on any atom is 0.305 e. The van der Waals surface area contributed by atoms with Crippen molar-refractivity contribution in [1.82, 2.24) is 16.2 Å². The lowest BCUT2D eigenvalue weighted by atomic mass is 9.90. The molecule has 132 valence electrons. The van der Waals surface area contributed by atoms with E-state index in [0.29, 0.717) is 35.3 Å². The molecule has 0 radical (unpaired) electrons. The minimum Gasteiger partial charge on any atom is -0.469 e. The molecule has 0 aliphatic heterocycles. The van der Waals surface area contributed by atoms with E-state index in [-0.39, 0.29) is 11.9 Å². The normalized spacial score (nSPS) is 16.0. The van der Waals surface area contributed by atoms with E-state index in [9.17, 15) is 9.59 Å². The molecule has 0 bridgehead atoms. The molecule has 0 saturated carbocycles. The molecule has 1 aliphatic carbocycles. The zero-order valence-corrected chi connectivity index (χ0v) is 15.6. The fourth-order valence-corrected chi connectivity index (χ4v) is 3.83.